The van der Waals surface area contributed by atoms with Gasteiger partial charge in [-0.15, -0.1) is 0 Å². The Kier molecular flexibility index (Phi) is 5.00. The molecule has 3 nitrogen and oxygen atoms in total. The van der Waals surface area contributed by atoms with Gasteiger partial charge in [-0.05, 0) is 51.9 Å². The number of unbranched alkanes of at least 4 members (excludes halogenated alkanes) is 2. The molecule has 1 atom stereocenters. The van der Waals surface area contributed by atoms with E-state index in [9.17, 15) is 0 Å². The largest absolute Gasteiger partial charge is 0.459 e. The predicted octanol–water partition coefficient (Wildman–Crippen LogP) is 3.59. The van der Waals surface area contributed by atoms with Crippen LogP contribution in [0.2, 0.25) is 0 Å². The van der Waals surface area contributed by atoms with Gasteiger partial charge in [-0.3, -0.25) is 4.90 Å². The minimum absolute atomic E-state index is 0.279. The van der Waals surface area contributed by atoms with Crippen molar-refractivity contribution in [2.24, 2.45) is 0 Å². The number of hydrogen-bond donors (Lipinski definition) is 1. The Hall–Kier alpha value is -1.32. The average Bonchev–Trinajstić information content (AvgIpc) is 2.86. The summed E-state index contributed by atoms with van der Waals surface area (Å²) in [6.45, 7) is 3.49. The van der Waals surface area contributed by atoms with E-state index in [1.165, 1.54) is 0 Å². The first-order valence-corrected chi connectivity index (χ1v) is 7.02. The molecule has 1 heterocycles. The zero-order chi connectivity index (χ0) is 13.7. The lowest BCUT2D eigenvalue weighted by Gasteiger charge is -2.22. The number of furan rings is 1. The van der Waals surface area contributed by atoms with Crippen LogP contribution in [0.25, 0.3) is 11.0 Å². The molecule has 0 saturated carbocycles. The van der Waals surface area contributed by atoms with E-state index in [1.54, 1.807) is 0 Å². The van der Waals surface area contributed by atoms with Crippen LogP contribution in [0.4, 0.5) is 0 Å². The smallest absolute Gasteiger partial charge is 0.134 e. The fraction of sp³-hybridized carbons (Fsp3) is 0.500. The molecule has 0 aliphatic rings. The molecule has 2 aromatic rings. The summed E-state index contributed by atoms with van der Waals surface area (Å²) in [6, 6.07) is 10.5. The fourth-order valence-electron chi connectivity index (χ4n) is 2.27. The number of benzene rings is 1. The lowest BCUT2D eigenvalue weighted by molar-refractivity contribution is 0.224. The van der Waals surface area contributed by atoms with Crippen LogP contribution in [0, 0.1) is 0 Å². The van der Waals surface area contributed by atoms with Crippen LogP contribution in [0.5, 0.6) is 0 Å². The molecule has 0 radical (unpaired) electrons. The number of fused-ring (bicyclic) bond motifs is 1. The summed E-state index contributed by atoms with van der Waals surface area (Å²) in [5.74, 6) is 1.02. The Morgan fingerprint density at radius 1 is 1.21 bits per heavy atom. The van der Waals surface area contributed by atoms with Gasteiger partial charge in [0.25, 0.3) is 0 Å². The minimum atomic E-state index is 0.279. The van der Waals surface area contributed by atoms with Crippen molar-refractivity contribution in [2.75, 3.05) is 20.2 Å². The second-order valence-corrected chi connectivity index (χ2v) is 5.13. The number of aliphatic hydroxyl groups excluding tert-OH is 1. The van der Waals surface area contributed by atoms with E-state index in [1.807, 2.05) is 18.2 Å². The van der Waals surface area contributed by atoms with E-state index in [4.69, 9.17) is 9.52 Å². The third-order valence-electron chi connectivity index (χ3n) is 3.69. The molecule has 0 saturated heterocycles. The van der Waals surface area contributed by atoms with Gasteiger partial charge in [-0.1, -0.05) is 18.2 Å². The van der Waals surface area contributed by atoms with Gasteiger partial charge in [-0.25, -0.2) is 0 Å². The van der Waals surface area contributed by atoms with Gasteiger partial charge in [0, 0.05) is 12.0 Å². The van der Waals surface area contributed by atoms with Crippen molar-refractivity contribution >= 4 is 11.0 Å². The molecule has 3 heteroatoms. The highest BCUT2D eigenvalue weighted by Crippen LogP contribution is 2.26. The molecule has 0 bridgehead atoms. The summed E-state index contributed by atoms with van der Waals surface area (Å²) in [7, 11) is 2.12. The Balaban J connectivity index is 1.96. The second kappa shape index (κ2) is 6.73. The summed E-state index contributed by atoms with van der Waals surface area (Å²) >= 11 is 0. The van der Waals surface area contributed by atoms with Crippen molar-refractivity contribution in [3.63, 3.8) is 0 Å². The van der Waals surface area contributed by atoms with Crippen LogP contribution in [-0.2, 0) is 0 Å². The fourth-order valence-corrected chi connectivity index (χ4v) is 2.27. The van der Waals surface area contributed by atoms with Gasteiger partial charge < -0.3 is 9.52 Å². The predicted molar refractivity (Wildman–Crippen MR) is 78.2 cm³/mol. The number of nitrogens with zero attached hydrogens (tertiary/aromatic N) is 1. The van der Waals surface area contributed by atoms with Gasteiger partial charge >= 0.3 is 0 Å². The lowest BCUT2D eigenvalue weighted by atomic mass is 10.1. The maximum absolute atomic E-state index is 8.77. The number of rotatable bonds is 7. The van der Waals surface area contributed by atoms with Crippen molar-refractivity contribution in [3.05, 3.63) is 36.1 Å². The van der Waals surface area contributed by atoms with Crippen molar-refractivity contribution in [1.82, 2.24) is 4.90 Å². The molecule has 104 valence electrons. The minimum Gasteiger partial charge on any atom is -0.459 e. The Morgan fingerprint density at radius 3 is 2.74 bits per heavy atom. The zero-order valence-electron chi connectivity index (χ0n) is 11.8. The SMILES string of the molecule is CC(c1cc2ccccc2o1)N(C)CCCCCO. The van der Waals surface area contributed by atoms with E-state index in [-0.39, 0.29) is 6.04 Å². The van der Waals surface area contributed by atoms with Crippen LogP contribution in [-0.4, -0.2) is 30.2 Å². The topological polar surface area (TPSA) is 36.6 Å². The molecule has 2 rings (SSSR count). The van der Waals surface area contributed by atoms with Crippen molar-refractivity contribution in [1.29, 1.82) is 0 Å². The maximum atomic E-state index is 8.77. The van der Waals surface area contributed by atoms with E-state index >= 15 is 0 Å². The monoisotopic (exact) mass is 261 g/mol. The Labute approximate surface area is 114 Å². The summed E-state index contributed by atoms with van der Waals surface area (Å²) in [6.07, 6.45) is 3.09. The average molecular weight is 261 g/mol. The number of para-hydroxylation sites is 1. The summed E-state index contributed by atoms with van der Waals surface area (Å²) < 4.78 is 5.90. The summed E-state index contributed by atoms with van der Waals surface area (Å²) in [5, 5.41) is 9.94. The molecule has 0 spiro atoms. The molecule has 0 aliphatic carbocycles. The molecule has 0 amide bonds. The van der Waals surface area contributed by atoms with Gasteiger partial charge in [0.15, 0.2) is 0 Å². The van der Waals surface area contributed by atoms with Crippen LogP contribution in [0.15, 0.2) is 34.7 Å². The van der Waals surface area contributed by atoms with E-state index in [0.29, 0.717) is 6.61 Å². The molecule has 0 aliphatic heterocycles. The highest BCUT2D eigenvalue weighted by Gasteiger charge is 2.15. The molecular formula is C16H23NO2. The summed E-state index contributed by atoms with van der Waals surface area (Å²) in [4.78, 5) is 2.30. The quantitative estimate of drug-likeness (QED) is 0.774. The molecule has 1 unspecified atom stereocenters. The number of hydrogen-bond acceptors (Lipinski definition) is 3. The zero-order valence-corrected chi connectivity index (χ0v) is 11.8. The normalized spacial score (nSPS) is 13.3. The van der Waals surface area contributed by atoms with Gasteiger partial charge in [0.1, 0.15) is 11.3 Å². The van der Waals surface area contributed by atoms with E-state index < -0.39 is 0 Å². The third kappa shape index (κ3) is 3.58. The number of aliphatic hydroxyl groups is 1. The standard InChI is InChI=1S/C16H23NO2/c1-13(17(2)10-6-3-7-11-18)16-12-14-8-4-5-9-15(14)19-16/h4-5,8-9,12-13,18H,3,6-7,10-11H2,1-2H3. The molecular weight excluding hydrogens is 238 g/mol. The highest BCUT2D eigenvalue weighted by molar-refractivity contribution is 5.77. The lowest BCUT2D eigenvalue weighted by Crippen LogP contribution is -2.23. The Bertz CT molecular complexity index is 473. The van der Waals surface area contributed by atoms with Gasteiger partial charge in [0.2, 0.25) is 0 Å². The maximum Gasteiger partial charge on any atom is 0.134 e. The second-order valence-electron chi connectivity index (χ2n) is 5.13. The van der Waals surface area contributed by atoms with Gasteiger partial charge in [-0.2, -0.15) is 0 Å². The van der Waals surface area contributed by atoms with Crippen LogP contribution in [0.1, 0.15) is 38.0 Å². The van der Waals surface area contributed by atoms with Crippen LogP contribution < -0.4 is 0 Å². The van der Waals surface area contributed by atoms with Crippen molar-refractivity contribution in [3.8, 4) is 0 Å². The van der Waals surface area contributed by atoms with E-state index in [0.717, 1.165) is 42.5 Å². The molecule has 1 aromatic carbocycles. The molecule has 19 heavy (non-hydrogen) atoms. The molecule has 1 N–H and O–H groups in total. The van der Waals surface area contributed by atoms with Gasteiger partial charge in [0.05, 0.1) is 6.04 Å². The first-order chi connectivity index (χ1) is 9.22. The third-order valence-corrected chi connectivity index (χ3v) is 3.69. The Morgan fingerprint density at radius 2 is 2.00 bits per heavy atom. The molecule has 1 aromatic heterocycles. The summed E-state index contributed by atoms with van der Waals surface area (Å²) in [5.41, 5.74) is 0.957. The van der Waals surface area contributed by atoms with Crippen molar-refractivity contribution in [2.45, 2.75) is 32.2 Å². The highest BCUT2D eigenvalue weighted by atomic mass is 16.3. The molecule has 0 fully saturated rings. The van der Waals surface area contributed by atoms with Crippen molar-refractivity contribution < 1.29 is 9.52 Å². The first-order valence-electron chi connectivity index (χ1n) is 7.02. The van der Waals surface area contributed by atoms with Crippen LogP contribution in [0.3, 0.4) is 0 Å². The first kappa shape index (κ1) is 14.1. The van der Waals surface area contributed by atoms with Crippen LogP contribution >= 0.6 is 0 Å². The van der Waals surface area contributed by atoms with E-state index in [2.05, 4.69) is 31.0 Å².